The molecule has 2 aliphatic rings. The predicted octanol–water partition coefficient (Wildman–Crippen LogP) is 5.42. The van der Waals surface area contributed by atoms with Crippen LogP contribution in [-0.4, -0.2) is 41.4 Å². The normalized spacial score (nSPS) is 17.7. The summed E-state index contributed by atoms with van der Waals surface area (Å²) in [6.07, 6.45) is 4.68. The van der Waals surface area contributed by atoms with Gasteiger partial charge in [-0.3, -0.25) is 9.59 Å². The number of benzene rings is 2. The highest BCUT2D eigenvalue weighted by Crippen LogP contribution is 2.42. The van der Waals surface area contributed by atoms with E-state index < -0.39 is 30.2 Å². The van der Waals surface area contributed by atoms with Crippen molar-refractivity contribution in [2.45, 2.75) is 39.7 Å². The maximum atomic E-state index is 13.8. The Morgan fingerprint density at radius 2 is 1.94 bits per heavy atom. The highest BCUT2D eigenvalue weighted by atomic mass is 35.5. The fourth-order valence-corrected chi connectivity index (χ4v) is 4.84. The Morgan fingerprint density at radius 3 is 2.64 bits per heavy atom. The van der Waals surface area contributed by atoms with E-state index in [1.807, 2.05) is 19.1 Å². The van der Waals surface area contributed by atoms with Crippen molar-refractivity contribution in [2.75, 3.05) is 23.3 Å². The first-order chi connectivity index (χ1) is 17.0. The van der Waals surface area contributed by atoms with Gasteiger partial charge in [-0.1, -0.05) is 36.7 Å². The van der Waals surface area contributed by atoms with E-state index in [0.717, 1.165) is 34.7 Å². The average Bonchev–Trinajstić information content (AvgIpc) is 3.06. The van der Waals surface area contributed by atoms with E-state index in [1.54, 1.807) is 6.07 Å². The van der Waals surface area contributed by atoms with Gasteiger partial charge >= 0.3 is 6.03 Å². The lowest BCUT2D eigenvalue weighted by molar-refractivity contribution is -0.127. The maximum Gasteiger partial charge on any atom is 0.329 e. The molecule has 2 N–H and O–H groups in total. The first-order valence-corrected chi connectivity index (χ1v) is 12.1. The van der Waals surface area contributed by atoms with Gasteiger partial charge in [0.1, 0.15) is 18.1 Å². The SMILES string of the molecule is CCCN1c2cc(Cl)c(/C=C3/NC(=O)N(CC(=O)Nc4ccccc4F)C3=O)cc2C(C)=CC1(C)C. The number of para-hydroxylation sites is 1. The van der Waals surface area contributed by atoms with Gasteiger partial charge in [0.2, 0.25) is 5.91 Å². The van der Waals surface area contributed by atoms with Gasteiger partial charge in [0.25, 0.3) is 5.91 Å². The van der Waals surface area contributed by atoms with Crippen LogP contribution in [0.5, 0.6) is 0 Å². The van der Waals surface area contributed by atoms with Crippen molar-refractivity contribution in [2.24, 2.45) is 0 Å². The van der Waals surface area contributed by atoms with Crippen LogP contribution in [0.25, 0.3) is 11.6 Å². The van der Waals surface area contributed by atoms with Crippen LogP contribution < -0.4 is 15.5 Å². The van der Waals surface area contributed by atoms with Crippen LogP contribution in [0, 0.1) is 5.82 Å². The Bertz CT molecular complexity index is 1320. The number of rotatable bonds is 6. The number of carbonyl (C=O) groups is 3. The minimum absolute atomic E-state index is 0.00345. The van der Waals surface area contributed by atoms with E-state index in [9.17, 15) is 18.8 Å². The van der Waals surface area contributed by atoms with Crippen LogP contribution in [-0.2, 0) is 9.59 Å². The van der Waals surface area contributed by atoms with Crippen LogP contribution in [0.1, 0.15) is 45.2 Å². The van der Waals surface area contributed by atoms with Crippen LogP contribution >= 0.6 is 11.6 Å². The Hall–Kier alpha value is -3.65. The zero-order chi connectivity index (χ0) is 26.2. The topological polar surface area (TPSA) is 81.8 Å². The molecule has 1 fully saturated rings. The fraction of sp³-hybridized carbons (Fsp3) is 0.296. The van der Waals surface area contributed by atoms with E-state index >= 15 is 0 Å². The van der Waals surface area contributed by atoms with Crippen LogP contribution in [0.2, 0.25) is 5.02 Å². The number of halogens is 2. The standard InChI is InChI=1S/C27H28ClFN4O3/c1-5-10-33-23-13-19(28)17(11-18(23)16(2)14-27(33,3)4)12-22-25(35)32(26(36)31-22)15-24(34)30-21-9-7-6-8-20(21)29/h6-9,11-14H,5,10,15H2,1-4H3,(H,30,34)(H,31,36)/b22-12+. The molecule has 0 unspecified atom stereocenters. The lowest BCUT2D eigenvalue weighted by atomic mass is 9.87. The monoisotopic (exact) mass is 510 g/mol. The summed E-state index contributed by atoms with van der Waals surface area (Å²) in [5.41, 5.74) is 3.47. The lowest BCUT2D eigenvalue weighted by Crippen LogP contribution is -2.45. The number of carbonyl (C=O) groups excluding carboxylic acids is 3. The molecule has 0 spiro atoms. The smallest absolute Gasteiger partial charge is 0.329 e. The number of amides is 4. The van der Waals surface area contributed by atoms with Crippen molar-refractivity contribution < 1.29 is 18.8 Å². The molecular weight excluding hydrogens is 483 g/mol. The Balaban J connectivity index is 1.58. The number of nitrogens with zero attached hydrogens (tertiary/aromatic N) is 2. The summed E-state index contributed by atoms with van der Waals surface area (Å²) in [5.74, 6) is -1.98. The summed E-state index contributed by atoms with van der Waals surface area (Å²) in [4.78, 5) is 40.8. The molecule has 188 valence electrons. The van der Waals surface area contributed by atoms with Gasteiger partial charge in [-0.25, -0.2) is 14.1 Å². The fourth-order valence-electron chi connectivity index (χ4n) is 4.62. The van der Waals surface area contributed by atoms with Gasteiger partial charge in [-0.15, -0.1) is 0 Å². The minimum Gasteiger partial charge on any atom is -0.362 e. The number of hydrogen-bond donors (Lipinski definition) is 2. The zero-order valence-corrected chi connectivity index (χ0v) is 21.4. The molecule has 0 radical (unpaired) electrons. The van der Waals surface area contributed by atoms with Gasteiger partial charge in [0.05, 0.1) is 11.2 Å². The lowest BCUT2D eigenvalue weighted by Gasteiger charge is -2.43. The number of anilines is 2. The van der Waals surface area contributed by atoms with E-state index in [-0.39, 0.29) is 16.9 Å². The molecule has 0 bridgehead atoms. The molecule has 4 amide bonds. The molecule has 0 saturated carbocycles. The van der Waals surface area contributed by atoms with Crippen LogP contribution in [0.4, 0.5) is 20.6 Å². The number of nitrogens with one attached hydrogen (secondary N) is 2. The average molecular weight is 511 g/mol. The second-order valence-corrected chi connectivity index (χ2v) is 9.84. The Kier molecular flexibility index (Phi) is 6.91. The second kappa shape index (κ2) is 9.78. The van der Waals surface area contributed by atoms with Gasteiger partial charge in [-0.05, 0) is 68.7 Å². The van der Waals surface area contributed by atoms with Crippen LogP contribution in [0.15, 0.2) is 48.2 Å². The molecule has 2 aromatic carbocycles. The molecule has 1 saturated heterocycles. The van der Waals surface area contributed by atoms with Crippen molar-refractivity contribution in [3.63, 3.8) is 0 Å². The summed E-state index contributed by atoms with van der Waals surface area (Å²) >= 11 is 6.63. The van der Waals surface area contributed by atoms with E-state index in [1.165, 1.54) is 24.3 Å². The Labute approximate surface area is 214 Å². The van der Waals surface area contributed by atoms with Gasteiger partial charge in [0.15, 0.2) is 0 Å². The number of allylic oxidation sites excluding steroid dienone is 1. The molecule has 4 rings (SSSR count). The molecule has 7 nitrogen and oxygen atoms in total. The minimum atomic E-state index is -0.740. The number of hydrogen-bond acceptors (Lipinski definition) is 4. The quantitative estimate of drug-likeness (QED) is 0.401. The second-order valence-electron chi connectivity index (χ2n) is 9.43. The molecule has 2 aliphatic heterocycles. The Morgan fingerprint density at radius 1 is 1.22 bits per heavy atom. The third-order valence-corrected chi connectivity index (χ3v) is 6.58. The van der Waals surface area contributed by atoms with Crippen molar-refractivity contribution >= 4 is 52.5 Å². The van der Waals surface area contributed by atoms with Gasteiger partial charge < -0.3 is 15.5 Å². The summed E-state index contributed by atoms with van der Waals surface area (Å²) in [6, 6.07) is 8.70. The van der Waals surface area contributed by atoms with E-state index in [4.69, 9.17) is 11.6 Å². The summed E-state index contributed by atoms with van der Waals surface area (Å²) < 4.78 is 13.8. The van der Waals surface area contributed by atoms with Gasteiger partial charge in [-0.2, -0.15) is 0 Å². The molecule has 36 heavy (non-hydrogen) atoms. The number of imide groups is 1. The van der Waals surface area contributed by atoms with Crippen molar-refractivity contribution in [1.29, 1.82) is 0 Å². The van der Waals surface area contributed by atoms with Gasteiger partial charge in [0, 0.05) is 22.8 Å². The molecule has 9 heteroatoms. The highest BCUT2D eigenvalue weighted by molar-refractivity contribution is 6.32. The van der Waals surface area contributed by atoms with Crippen molar-refractivity contribution in [3.8, 4) is 0 Å². The zero-order valence-electron chi connectivity index (χ0n) is 20.6. The molecule has 2 heterocycles. The third kappa shape index (κ3) is 4.86. The summed E-state index contributed by atoms with van der Waals surface area (Å²) in [6.45, 7) is 8.77. The van der Waals surface area contributed by atoms with Crippen molar-refractivity contribution in [3.05, 3.63) is 70.1 Å². The number of fused-ring (bicyclic) bond motifs is 1. The molecule has 0 aromatic heterocycles. The molecule has 2 aromatic rings. The predicted molar refractivity (Wildman–Crippen MR) is 140 cm³/mol. The first kappa shape index (κ1) is 25.4. The first-order valence-electron chi connectivity index (χ1n) is 11.7. The van der Waals surface area contributed by atoms with Crippen LogP contribution in [0.3, 0.4) is 0 Å². The molecule has 0 aliphatic carbocycles. The van der Waals surface area contributed by atoms with E-state index in [0.29, 0.717) is 10.6 Å². The maximum absolute atomic E-state index is 13.8. The summed E-state index contributed by atoms with van der Waals surface area (Å²) in [5, 5.41) is 5.31. The number of urea groups is 1. The third-order valence-electron chi connectivity index (χ3n) is 6.26. The highest BCUT2D eigenvalue weighted by Gasteiger charge is 2.36. The largest absolute Gasteiger partial charge is 0.362 e. The van der Waals surface area contributed by atoms with Crippen molar-refractivity contribution in [1.82, 2.24) is 10.2 Å². The molecule has 0 atom stereocenters. The molecular formula is C27H28ClFN4O3. The summed E-state index contributed by atoms with van der Waals surface area (Å²) in [7, 11) is 0. The van der Waals surface area contributed by atoms with E-state index in [2.05, 4.69) is 42.4 Å².